The number of thioether (sulfide) groups is 1. The van der Waals surface area contributed by atoms with Crippen molar-refractivity contribution in [2.75, 3.05) is 18.1 Å². The molecule has 0 saturated carbocycles. The normalized spacial score (nSPS) is 11.0. The smallest absolute Gasteiger partial charge is 0.312 e. The van der Waals surface area contributed by atoms with Crippen LogP contribution in [0, 0.1) is 10.1 Å². The minimum Gasteiger partial charge on any atom is -0.506 e. The molecule has 1 aromatic rings. The van der Waals surface area contributed by atoms with Crippen LogP contribution in [-0.2, 0) is 19.8 Å². The van der Waals surface area contributed by atoms with Gasteiger partial charge in [0, 0.05) is 17.6 Å². The number of carbonyl (C=O) groups is 1. The molecule has 0 atom stereocenters. The first-order valence-corrected chi connectivity index (χ1v) is 8.66. The van der Waals surface area contributed by atoms with E-state index in [9.17, 15) is 28.4 Å². The van der Waals surface area contributed by atoms with E-state index in [0.717, 1.165) is 12.1 Å². The van der Waals surface area contributed by atoms with Gasteiger partial charge in [-0.3, -0.25) is 9.35 Å². The maximum atomic E-state index is 11.5. The monoisotopic (exact) mass is 367 g/mol. The Labute approximate surface area is 135 Å². The molecule has 0 aliphatic rings. The van der Waals surface area contributed by atoms with Crippen molar-refractivity contribution < 1.29 is 37.5 Å². The molecule has 128 valence electrons. The Hall–Kier alpha value is -2.05. The Balaban J connectivity index is 2.45. The summed E-state index contributed by atoms with van der Waals surface area (Å²) in [5.41, 5.74) is 0. The van der Waals surface area contributed by atoms with Crippen molar-refractivity contribution in [2.24, 2.45) is 0 Å². The average Bonchev–Trinajstić information content (AvgIpc) is 2.43. The summed E-state index contributed by atoms with van der Waals surface area (Å²) in [4.78, 5) is 24.7. The van der Waals surface area contributed by atoms with E-state index < -0.39 is 31.8 Å². The SMILES string of the molecule is O=C(CCSCCO[N+](=O)[O-])Oc1ccc(O)c(S(=O)(=O)O)c1. The van der Waals surface area contributed by atoms with Crippen LogP contribution in [0.15, 0.2) is 23.1 Å². The third-order valence-corrected chi connectivity index (χ3v) is 4.15. The Morgan fingerprint density at radius 3 is 2.65 bits per heavy atom. The molecule has 0 fully saturated rings. The van der Waals surface area contributed by atoms with Crippen LogP contribution in [0.4, 0.5) is 0 Å². The molecule has 10 nitrogen and oxygen atoms in total. The summed E-state index contributed by atoms with van der Waals surface area (Å²) >= 11 is 1.24. The zero-order valence-corrected chi connectivity index (χ0v) is 13.2. The van der Waals surface area contributed by atoms with Crippen LogP contribution in [0.3, 0.4) is 0 Å². The van der Waals surface area contributed by atoms with Crippen LogP contribution in [0.1, 0.15) is 6.42 Å². The predicted molar refractivity (Wildman–Crippen MR) is 78.4 cm³/mol. The summed E-state index contributed by atoms with van der Waals surface area (Å²) in [5, 5.41) is 18.3. The highest BCUT2D eigenvalue weighted by atomic mass is 32.2. The lowest BCUT2D eigenvalue weighted by Crippen LogP contribution is -2.10. The predicted octanol–water partition coefficient (Wildman–Crippen LogP) is 0.876. The second-order valence-corrected chi connectivity index (χ2v) is 6.61. The van der Waals surface area contributed by atoms with Gasteiger partial charge < -0.3 is 14.7 Å². The maximum Gasteiger partial charge on any atom is 0.312 e. The van der Waals surface area contributed by atoms with Gasteiger partial charge in [0.2, 0.25) is 0 Å². The van der Waals surface area contributed by atoms with E-state index in [4.69, 9.17) is 9.29 Å². The van der Waals surface area contributed by atoms with Crippen LogP contribution in [0.2, 0.25) is 0 Å². The number of benzene rings is 1. The van der Waals surface area contributed by atoms with E-state index in [1.165, 1.54) is 17.8 Å². The molecule has 1 rings (SSSR count). The highest BCUT2D eigenvalue weighted by Gasteiger charge is 2.17. The quantitative estimate of drug-likeness (QED) is 0.160. The molecule has 0 aromatic heterocycles. The molecule has 0 heterocycles. The number of aromatic hydroxyl groups is 1. The summed E-state index contributed by atoms with van der Waals surface area (Å²) in [6.07, 6.45) is -0.0226. The molecule has 0 spiro atoms. The largest absolute Gasteiger partial charge is 0.506 e. The Morgan fingerprint density at radius 2 is 2.04 bits per heavy atom. The molecule has 23 heavy (non-hydrogen) atoms. The fraction of sp³-hybridized carbons (Fsp3) is 0.364. The molecule has 0 aliphatic heterocycles. The van der Waals surface area contributed by atoms with Crippen LogP contribution in [0.25, 0.3) is 0 Å². The van der Waals surface area contributed by atoms with Crippen molar-refractivity contribution in [2.45, 2.75) is 11.3 Å². The Kier molecular flexibility index (Phi) is 7.06. The average molecular weight is 367 g/mol. The van der Waals surface area contributed by atoms with Crippen molar-refractivity contribution in [1.82, 2.24) is 0 Å². The van der Waals surface area contributed by atoms with Gasteiger partial charge in [-0.25, -0.2) is 0 Å². The molecule has 0 saturated heterocycles. The van der Waals surface area contributed by atoms with Gasteiger partial charge in [0.25, 0.3) is 15.2 Å². The minimum atomic E-state index is -4.64. The molecular weight excluding hydrogens is 354 g/mol. The number of phenolic OH excluding ortho intramolecular Hbond substituents is 1. The van der Waals surface area contributed by atoms with E-state index in [2.05, 4.69) is 4.84 Å². The Bertz CT molecular complexity index is 674. The highest BCUT2D eigenvalue weighted by Crippen LogP contribution is 2.27. The second kappa shape index (κ2) is 8.55. The molecule has 2 N–H and O–H groups in total. The van der Waals surface area contributed by atoms with E-state index in [1.54, 1.807) is 0 Å². The lowest BCUT2D eigenvalue weighted by Gasteiger charge is -2.07. The zero-order valence-electron chi connectivity index (χ0n) is 11.6. The lowest BCUT2D eigenvalue weighted by atomic mass is 10.3. The zero-order chi connectivity index (χ0) is 17.5. The molecule has 0 amide bonds. The molecule has 1 aromatic carbocycles. The van der Waals surface area contributed by atoms with Crippen molar-refractivity contribution in [3.05, 3.63) is 28.3 Å². The summed E-state index contributed by atoms with van der Waals surface area (Å²) < 4.78 is 35.8. The van der Waals surface area contributed by atoms with Crippen molar-refractivity contribution in [3.63, 3.8) is 0 Å². The first-order chi connectivity index (χ1) is 10.7. The fourth-order valence-electron chi connectivity index (χ4n) is 1.38. The van der Waals surface area contributed by atoms with Gasteiger partial charge in [-0.05, 0) is 12.1 Å². The number of nitrogens with zero attached hydrogens (tertiary/aromatic N) is 1. The number of phenols is 1. The van der Waals surface area contributed by atoms with E-state index in [1.807, 2.05) is 0 Å². The van der Waals surface area contributed by atoms with Crippen molar-refractivity contribution in [1.29, 1.82) is 0 Å². The third kappa shape index (κ3) is 7.17. The number of ether oxygens (including phenoxy) is 1. The van der Waals surface area contributed by atoms with Crippen LogP contribution < -0.4 is 4.74 Å². The highest BCUT2D eigenvalue weighted by molar-refractivity contribution is 7.99. The fourth-order valence-corrected chi connectivity index (χ4v) is 2.68. The van der Waals surface area contributed by atoms with Crippen LogP contribution >= 0.6 is 11.8 Å². The van der Waals surface area contributed by atoms with Gasteiger partial charge >= 0.3 is 5.97 Å². The first kappa shape index (κ1) is 19.0. The topological polar surface area (TPSA) is 153 Å². The van der Waals surface area contributed by atoms with Gasteiger partial charge in [0.05, 0.1) is 6.42 Å². The standard InChI is InChI=1S/C11H13NO9S2/c13-9-2-1-8(7-10(9)23(17,18)19)21-11(14)3-5-22-6-4-20-12(15)16/h1-2,7,13H,3-6H2,(H,17,18,19). The van der Waals surface area contributed by atoms with E-state index in [0.29, 0.717) is 11.5 Å². The number of hydrogen-bond donors (Lipinski definition) is 2. The molecule has 0 aliphatic carbocycles. The van der Waals surface area contributed by atoms with Gasteiger partial charge in [-0.1, -0.05) is 0 Å². The third-order valence-electron chi connectivity index (χ3n) is 2.32. The Morgan fingerprint density at radius 1 is 1.35 bits per heavy atom. The van der Waals surface area contributed by atoms with Gasteiger partial charge in [-0.15, -0.1) is 10.1 Å². The van der Waals surface area contributed by atoms with Crippen molar-refractivity contribution in [3.8, 4) is 11.5 Å². The summed E-state index contributed by atoms with van der Waals surface area (Å²) in [6.45, 7) is -0.0948. The van der Waals surface area contributed by atoms with Crippen molar-refractivity contribution >= 4 is 27.8 Å². The number of carbonyl (C=O) groups excluding carboxylic acids is 1. The summed E-state index contributed by atoms with van der Waals surface area (Å²) in [5.74, 6) is -0.848. The first-order valence-electron chi connectivity index (χ1n) is 6.06. The molecule has 0 radical (unpaired) electrons. The summed E-state index contributed by atoms with van der Waals surface area (Å²) in [6, 6.07) is 2.95. The number of esters is 1. The van der Waals surface area contributed by atoms with Gasteiger partial charge in [-0.2, -0.15) is 20.2 Å². The maximum absolute atomic E-state index is 11.5. The van der Waals surface area contributed by atoms with Crippen LogP contribution in [-0.4, -0.2) is 47.2 Å². The molecular formula is C11H13NO9S2. The summed E-state index contributed by atoms with van der Waals surface area (Å²) in [7, 11) is -4.64. The number of rotatable bonds is 9. The lowest BCUT2D eigenvalue weighted by molar-refractivity contribution is -0.756. The van der Waals surface area contributed by atoms with E-state index in [-0.39, 0.29) is 18.8 Å². The van der Waals surface area contributed by atoms with Gasteiger partial charge in [0.15, 0.2) is 0 Å². The minimum absolute atomic E-state index is 0.0226. The van der Waals surface area contributed by atoms with E-state index >= 15 is 0 Å². The molecule has 12 heteroatoms. The van der Waals surface area contributed by atoms with Gasteiger partial charge in [0.1, 0.15) is 23.0 Å². The molecule has 0 bridgehead atoms. The molecule has 0 unspecified atom stereocenters. The van der Waals surface area contributed by atoms with Crippen LogP contribution in [0.5, 0.6) is 11.5 Å². The second-order valence-electron chi connectivity index (χ2n) is 4.00. The number of hydrogen-bond acceptors (Lipinski definition) is 9.